The third-order valence-electron chi connectivity index (χ3n) is 2.51. The Balaban J connectivity index is 3.15. The Hall–Kier alpha value is -1.15. The zero-order chi connectivity index (χ0) is 13.9. The first-order chi connectivity index (χ1) is 8.31. The van der Waals surface area contributed by atoms with E-state index in [1.165, 1.54) is 0 Å². The minimum absolute atomic E-state index is 0.0490. The summed E-state index contributed by atoms with van der Waals surface area (Å²) in [5, 5.41) is 36.5. The van der Waals surface area contributed by atoms with E-state index in [9.17, 15) is 23.4 Å². The molecule has 0 spiro atoms. The summed E-state index contributed by atoms with van der Waals surface area (Å²) < 4.78 is 37.3. The van der Waals surface area contributed by atoms with Gasteiger partial charge in [-0.2, -0.15) is 13.2 Å². The van der Waals surface area contributed by atoms with Crippen LogP contribution in [-0.4, -0.2) is 33.1 Å². The van der Waals surface area contributed by atoms with Crippen LogP contribution in [0.5, 0.6) is 0 Å². The van der Waals surface area contributed by atoms with E-state index in [1.807, 2.05) is 0 Å². The van der Waals surface area contributed by atoms with Gasteiger partial charge in [0, 0.05) is 0 Å². The summed E-state index contributed by atoms with van der Waals surface area (Å²) in [5.41, 5.74) is -1.15. The number of alkyl halides is 3. The minimum Gasteiger partial charge on any atom is -0.394 e. The number of hydrogen-bond donors (Lipinski definition) is 4. The Morgan fingerprint density at radius 3 is 2.17 bits per heavy atom. The monoisotopic (exact) mass is 266 g/mol. The van der Waals surface area contributed by atoms with E-state index in [-0.39, 0.29) is 11.1 Å². The SMILES string of the molecule is OCc1cc(C(F)(F)F)ccc1C(O)C(O)CO. The maximum absolute atomic E-state index is 12.4. The van der Waals surface area contributed by atoms with Gasteiger partial charge in [0.25, 0.3) is 0 Å². The second-order valence-corrected chi connectivity index (χ2v) is 3.76. The molecule has 1 aromatic rings. The van der Waals surface area contributed by atoms with E-state index in [4.69, 9.17) is 10.2 Å². The van der Waals surface area contributed by atoms with Crippen molar-refractivity contribution in [2.75, 3.05) is 6.61 Å². The standard InChI is InChI=1S/C11H13F3O4/c12-11(13,14)7-1-2-8(6(3-7)4-15)10(18)9(17)5-16/h1-3,9-10,15-18H,4-5H2. The molecule has 4 nitrogen and oxygen atoms in total. The molecule has 0 fully saturated rings. The predicted molar refractivity (Wildman–Crippen MR) is 55.4 cm³/mol. The smallest absolute Gasteiger partial charge is 0.394 e. The van der Waals surface area contributed by atoms with Crippen molar-refractivity contribution in [1.29, 1.82) is 0 Å². The van der Waals surface area contributed by atoms with Crippen LogP contribution in [0.1, 0.15) is 22.8 Å². The van der Waals surface area contributed by atoms with Gasteiger partial charge in [-0.25, -0.2) is 0 Å². The van der Waals surface area contributed by atoms with E-state index >= 15 is 0 Å². The fraction of sp³-hybridized carbons (Fsp3) is 0.455. The predicted octanol–water partition coefficient (Wildman–Crippen LogP) is 0.584. The van der Waals surface area contributed by atoms with Crippen LogP contribution in [-0.2, 0) is 12.8 Å². The van der Waals surface area contributed by atoms with Gasteiger partial charge in [0.05, 0.1) is 18.8 Å². The van der Waals surface area contributed by atoms with Gasteiger partial charge in [-0.3, -0.25) is 0 Å². The number of hydrogen-bond acceptors (Lipinski definition) is 4. The summed E-state index contributed by atoms with van der Waals surface area (Å²) in [5.74, 6) is 0. The molecule has 18 heavy (non-hydrogen) atoms. The third-order valence-corrected chi connectivity index (χ3v) is 2.51. The molecule has 1 aromatic carbocycles. The largest absolute Gasteiger partial charge is 0.416 e. The van der Waals surface area contributed by atoms with Crippen molar-refractivity contribution < 1.29 is 33.6 Å². The third kappa shape index (κ3) is 3.20. The molecule has 1 rings (SSSR count). The summed E-state index contributed by atoms with van der Waals surface area (Å²) in [4.78, 5) is 0. The lowest BCUT2D eigenvalue weighted by Gasteiger charge is -2.19. The molecule has 0 saturated heterocycles. The summed E-state index contributed by atoms with van der Waals surface area (Å²) >= 11 is 0. The maximum Gasteiger partial charge on any atom is 0.416 e. The van der Waals surface area contributed by atoms with Crippen LogP contribution in [0.2, 0.25) is 0 Å². The van der Waals surface area contributed by atoms with E-state index < -0.39 is 37.2 Å². The van der Waals surface area contributed by atoms with Crippen molar-refractivity contribution in [3.63, 3.8) is 0 Å². The second kappa shape index (κ2) is 5.66. The Bertz CT molecular complexity index is 406. The molecule has 0 aliphatic rings. The summed E-state index contributed by atoms with van der Waals surface area (Å²) in [7, 11) is 0. The molecule has 0 aliphatic heterocycles. The van der Waals surface area contributed by atoms with Crippen molar-refractivity contribution in [2.45, 2.75) is 25.0 Å². The summed E-state index contributed by atoms with van der Waals surface area (Å²) in [6.45, 7) is -1.46. The molecule has 2 unspecified atom stereocenters. The zero-order valence-electron chi connectivity index (χ0n) is 9.22. The van der Waals surface area contributed by atoms with Gasteiger partial charge in [-0.05, 0) is 23.3 Å². The van der Waals surface area contributed by atoms with E-state index in [0.29, 0.717) is 6.07 Å². The van der Waals surface area contributed by atoms with Gasteiger partial charge >= 0.3 is 6.18 Å². The van der Waals surface area contributed by atoms with Gasteiger partial charge in [-0.1, -0.05) is 6.07 Å². The molecule has 0 radical (unpaired) electrons. The molecular weight excluding hydrogens is 253 g/mol. The highest BCUT2D eigenvalue weighted by Crippen LogP contribution is 2.32. The van der Waals surface area contributed by atoms with Crippen LogP contribution in [0.15, 0.2) is 18.2 Å². The summed E-state index contributed by atoms with van der Waals surface area (Å²) in [6, 6.07) is 2.41. The minimum atomic E-state index is -4.55. The van der Waals surface area contributed by atoms with E-state index in [2.05, 4.69) is 0 Å². The van der Waals surface area contributed by atoms with Crippen molar-refractivity contribution >= 4 is 0 Å². The van der Waals surface area contributed by atoms with Crippen molar-refractivity contribution in [2.24, 2.45) is 0 Å². The molecule has 0 amide bonds. The van der Waals surface area contributed by atoms with Gasteiger partial charge < -0.3 is 20.4 Å². The number of halogens is 3. The summed E-state index contributed by atoms with van der Waals surface area (Å²) in [6.07, 6.45) is -7.63. The molecule has 2 atom stereocenters. The highest BCUT2D eigenvalue weighted by Gasteiger charge is 2.31. The highest BCUT2D eigenvalue weighted by atomic mass is 19.4. The molecule has 102 valence electrons. The Labute approximate surface area is 101 Å². The van der Waals surface area contributed by atoms with Crippen molar-refractivity contribution in [3.8, 4) is 0 Å². The van der Waals surface area contributed by atoms with E-state index in [1.54, 1.807) is 0 Å². The van der Waals surface area contributed by atoms with Gasteiger partial charge in [-0.15, -0.1) is 0 Å². The second-order valence-electron chi connectivity index (χ2n) is 3.76. The quantitative estimate of drug-likeness (QED) is 0.643. The van der Waals surface area contributed by atoms with Crippen LogP contribution in [0.3, 0.4) is 0 Å². The fourth-order valence-electron chi connectivity index (χ4n) is 1.51. The van der Waals surface area contributed by atoms with Crippen LogP contribution in [0, 0.1) is 0 Å². The molecule has 0 heterocycles. The number of benzene rings is 1. The number of rotatable bonds is 4. The lowest BCUT2D eigenvalue weighted by atomic mass is 9.97. The van der Waals surface area contributed by atoms with Crippen molar-refractivity contribution in [3.05, 3.63) is 34.9 Å². The van der Waals surface area contributed by atoms with Crippen molar-refractivity contribution in [1.82, 2.24) is 0 Å². The number of aliphatic hydroxyl groups excluding tert-OH is 4. The first-order valence-corrected chi connectivity index (χ1v) is 5.09. The first-order valence-electron chi connectivity index (χ1n) is 5.09. The highest BCUT2D eigenvalue weighted by molar-refractivity contribution is 5.35. The Morgan fingerprint density at radius 1 is 1.11 bits per heavy atom. The Morgan fingerprint density at radius 2 is 1.72 bits per heavy atom. The zero-order valence-corrected chi connectivity index (χ0v) is 9.22. The molecule has 0 aliphatic carbocycles. The molecule has 0 aromatic heterocycles. The number of aliphatic hydroxyl groups is 4. The maximum atomic E-state index is 12.4. The molecular formula is C11H13F3O4. The lowest BCUT2D eigenvalue weighted by molar-refractivity contribution is -0.137. The molecule has 7 heteroatoms. The normalized spacial score (nSPS) is 15.5. The Kier molecular flexibility index (Phi) is 4.69. The van der Waals surface area contributed by atoms with Gasteiger partial charge in [0.15, 0.2) is 0 Å². The molecule has 4 N–H and O–H groups in total. The van der Waals surface area contributed by atoms with Crippen LogP contribution >= 0.6 is 0 Å². The lowest BCUT2D eigenvalue weighted by Crippen LogP contribution is -2.23. The first kappa shape index (κ1) is 14.9. The topological polar surface area (TPSA) is 80.9 Å². The van der Waals surface area contributed by atoms with Crippen LogP contribution in [0.4, 0.5) is 13.2 Å². The van der Waals surface area contributed by atoms with Gasteiger partial charge in [0.2, 0.25) is 0 Å². The average molecular weight is 266 g/mol. The average Bonchev–Trinajstić information content (AvgIpc) is 2.35. The van der Waals surface area contributed by atoms with Crippen LogP contribution < -0.4 is 0 Å². The molecule has 0 saturated carbocycles. The van der Waals surface area contributed by atoms with Gasteiger partial charge in [0.1, 0.15) is 12.2 Å². The van der Waals surface area contributed by atoms with E-state index in [0.717, 1.165) is 12.1 Å². The van der Waals surface area contributed by atoms with Crippen LogP contribution in [0.25, 0.3) is 0 Å². The molecule has 0 bridgehead atoms. The fourth-order valence-corrected chi connectivity index (χ4v) is 1.51.